The van der Waals surface area contributed by atoms with E-state index in [1.54, 1.807) is 11.4 Å². The van der Waals surface area contributed by atoms with Crippen molar-refractivity contribution in [1.82, 2.24) is 9.21 Å². The zero-order chi connectivity index (χ0) is 21.3. The fourth-order valence-electron chi connectivity index (χ4n) is 5.14. The molecular formula is C24H32N2O3S. The number of ether oxygens (including phenoxy) is 1. The van der Waals surface area contributed by atoms with Crippen LogP contribution in [0.1, 0.15) is 29.9 Å². The van der Waals surface area contributed by atoms with Gasteiger partial charge in [0, 0.05) is 38.2 Å². The Balaban J connectivity index is 1.62. The van der Waals surface area contributed by atoms with Crippen molar-refractivity contribution in [2.75, 3.05) is 39.6 Å². The molecule has 2 aromatic carbocycles. The van der Waals surface area contributed by atoms with Crippen molar-refractivity contribution < 1.29 is 13.2 Å². The Hall–Kier alpha value is -1.73. The molecule has 5 nitrogen and oxygen atoms in total. The largest absolute Gasteiger partial charge is 0.383 e. The van der Waals surface area contributed by atoms with Crippen LogP contribution in [0.2, 0.25) is 0 Å². The summed E-state index contributed by atoms with van der Waals surface area (Å²) in [4.78, 5) is 2.46. The van der Waals surface area contributed by atoms with Gasteiger partial charge in [0.15, 0.2) is 0 Å². The molecule has 162 valence electrons. The number of hydrogen-bond donors (Lipinski definition) is 0. The molecule has 2 saturated heterocycles. The molecule has 30 heavy (non-hydrogen) atoms. The van der Waals surface area contributed by atoms with Crippen LogP contribution < -0.4 is 0 Å². The molecule has 0 saturated carbocycles. The molecular weight excluding hydrogens is 396 g/mol. The zero-order valence-corrected chi connectivity index (χ0v) is 18.9. The number of hydrogen-bond acceptors (Lipinski definition) is 4. The first-order valence-corrected chi connectivity index (χ1v) is 12.6. The molecule has 2 heterocycles. The van der Waals surface area contributed by atoms with Gasteiger partial charge < -0.3 is 4.74 Å². The minimum Gasteiger partial charge on any atom is -0.383 e. The van der Waals surface area contributed by atoms with E-state index < -0.39 is 10.0 Å². The van der Waals surface area contributed by atoms with E-state index in [2.05, 4.69) is 60.4 Å². The standard InChI is InChI=1S/C24H32N2O3S/c1-18-8-4-5-9-21(18)19-10-12-20(13-11-19)24-22-16-25(30(3,27)28)14-6-7-15-26(22)23(24)17-29-2/h4-5,8-13,22-24H,6-7,14-17H2,1-3H3/t22-,23+,24-/m0/s1. The summed E-state index contributed by atoms with van der Waals surface area (Å²) in [6.07, 6.45) is 3.25. The number of fused-ring (bicyclic) bond motifs is 1. The SMILES string of the molecule is COC[C@@H]1[C@@H](c2ccc(-c3ccccc3C)cc2)[C@@H]2CN(S(C)(=O)=O)CCCCN12. The summed E-state index contributed by atoms with van der Waals surface area (Å²) in [5.74, 6) is 0.276. The number of aryl methyl sites for hydroxylation is 1. The van der Waals surface area contributed by atoms with Gasteiger partial charge in [-0.3, -0.25) is 4.90 Å². The second-order valence-corrected chi connectivity index (χ2v) is 10.6. The van der Waals surface area contributed by atoms with Crippen LogP contribution in [0.25, 0.3) is 11.1 Å². The monoisotopic (exact) mass is 428 g/mol. The Labute approximate surface area is 180 Å². The molecule has 6 heteroatoms. The van der Waals surface area contributed by atoms with Crippen LogP contribution in [0.3, 0.4) is 0 Å². The molecule has 0 spiro atoms. The van der Waals surface area contributed by atoms with Crippen LogP contribution in [0, 0.1) is 6.92 Å². The first kappa shape index (κ1) is 21.5. The summed E-state index contributed by atoms with van der Waals surface area (Å²) in [7, 11) is -1.45. The lowest BCUT2D eigenvalue weighted by atomic mass is 9.74. The van der Waals surface area contributed by atoms with E-state index in [9.17, 15) is 8.42 Å². The third-order valence-corrected chi connectivity index (χ3v) is 7.97. The predicted octanol–water partition coefficient (Wildman–Crippen LogP) is 3.50. The van der Waals surface area contributed by atoms with Crippen LogP contribution in [0.15, 0.2) is 48.5 Å². The number of rotatable bonds is 5. The Morgan fingerprint density at radius 2 is 1.73 bits per heavy atom. The number of nitrogens with zero attached hydrogens (tertiary/aromatic N) is 2. The van der Waals surface area contributed by atoms with Gasteiger partial charge in [-0.25, -0.2) is 12.7 Å². The van der Waals surface area contributed by atoms with Crippen LogP contribution >= 0.6 is 0 Å². The summed E-state index contributed by atoms with van der Waals surface area (Å²) in [6, 6.07) is 17.7. The Morgan fingerprint density at radius 1 is 1.03 bits per heavy atom. The van der Waals surface area contributed by atoms with Crippen molar-refractivity contribution in [3.05, 3.63) is 59.7 Å². The highest BCUT2D eigenvalue weighted by Gasteiger charge is 2.50. The van der Waals surface area contributed by atoms with Crippen molar-refractivity contribution in [2.24, 2.45) is 0 Å². The van der Waals surface area contributed by atoms with Crippen LogP contribution in [-0.4, -0.2) is 69.3 Å². The van der Waals surface area contributed by atoms with Gasteiger partial charge in [0.1, 0.15) is 0 Å². The molecule has 0 bridgehead atoms. The molecule has 0 N–H and O–H groups in total. The third kappa shape index (κ3) is 4.19. The number of methoxy groups -OCH3 is 1. The van der Waals surface area contributed by atoms with Gasteiger partial charge in [0.25, 0.3) is 0 Å². The van der Waals surface area contributed by atoms with Crippen LogP contribution in [0.4, 0.5) is 0 Å². The molecule has 3 atom stereocenters. The summed E-state index contributed by atoms with van der Waals surface area (Å²) in [5, 5.41) is 0. The van der Waals surface area contributed by atoms with E-state index in [4.69, 9.17) is 4.74 Å². The molecule has 2 fully saturated rings. The average molecular weight is 429 g/mol. The summed E-state index contributed by atoms with van der Waals surface area (Å²) >= 11 is 0. The number of sulfonamides is 1. The van der Waals surface area contributed by atoms with Crippen LogP contribution in [0.5, 0.6) is 0 Å². The highest BCUT2D eigenvalue weighted by atomic mass is 32.2. The van der Waals surface area contributed by atoms with Gasteiger partial charge in [0.05, 0.1) is 12.9 Å². The van der Waals surface area contributed by atoms with E-state index in [1.807, 2.05) is 0 Å². The quantitative estimate of drug-likeness (QED) is 0.731. The molecule has 0 aromatic heterocycles. The maximum Gasteiger partial charge on any atom is 0.211 e. The first-order chi connectivity index (χ1) is 14.4. The van der Waals surface area contributed by atoms with E-state index in [-0.39, 0.29) is 12.0 Å². The van der Waals surface area contributed by atoms with Gasteiger partial charge in [-0.1, -0.05) is 48.5 Å². The van der Waals surface area contributed by atoms with E-state index in [0.717, 1.165) is 19.4 Å². The summed E-state index contributed by atoms with van der Waals surface area (Å²) < 4.78 is 31.8. The zero-order valence-electron chi connectivity index (χ0n) is 18.1. The minimum atomic E-state index is -3.20. The van der Waals surface area contributed by atoms with E-state index in [0.29, 0.717) is 25.7 Å². The highest BCUT2D eigenvalue weighted by molar-refractivity contribution is 7.88. The summed E-state index contributed by atoms with van der Waals surface area (Å²) in [6.45, 7) is 4.99. The lowest BCUT2D eigenvalue weighted by molar-refractivity contribution is -0.0634. The highest BCUT2D eigenvalue weighted by Crippen LogP contribution is 2.43. The Bertz CT molecular complexity index is 974. The van der Waals surface area contributed by atoms with Crippen molar-refractivity contribution in [3.63, 3.8) is 0 Å². The second kappa shape index (κ2) is 8.79. The maximum absolute atomic E-state index is 12.3. The Kier molecular flexibility index (Phi) is 6.30. The summed E-state index contributed by atoms with van der Waals surface area (Å²) in [5.41, 5.74) is 5.00. The van der Waals surface area contributed by atoms with Crippen molar-refractivity contribution in [1.29, 1.82) is 0 Å². The van der Waals surface area contributed by atoms with Gasteiger partial charge in [-0.15, -0.1) is 0 Å². The second-order valence-electron chi connectivity index (χ2n) is 8.62. The molecule has 2 aliphatic heterocycles. The minimum absolute atomic E-state index is 0.199. The Morgan fingerprint density at radius 3 is 2.40 bits per heavy atom. The van der Waals surface area contributed by atoms with Gasteiger partial charge in [-0.2, -0.15) is 0 Å². The smallest absolute Gasteiger partial charge is 0.211 e. The molecule has 0 amide bonds. The lowest BCUT2D eigenvalue weighted by Crippen LogP contribution is -2.68. The number of benzene rings is 2. The van der Waals surface area contributed by atoms with Gasteiger partial charge >= 0.3 is 0 Å². The van der Waals surface area contributed by atoms with Gasteiger partial charge in [-0.05, 0) is 48.6 Å². The lowest BCUT2D eigenvalue weighted by Gasteiger charge is -2.57. The average Bonchev–Trinajstić information content (AvgIpc) is 2.69. The molecule has 2 aliphatic rings. The van der Waals surface area contributed by atoms with E-state index >= 15 is 0 Å². The molecule has 0 aliphatic carbocycles. The maximum atomic E-state index is 12.3. The van der Waals surface area contributed by atoms with Crippen LogP contribution in [-0.2, 0) is 14.8 Å². The molecule has 2 aromatic rings. The fraction of sp³-hybridized carbons (Fsp3) is 0.500. The first-order valence-electron chi connectivity index (χ1n) is 10.8. The van der Waals surface area contributed by atoms with Crippen molar-refractivity contribution in [3.8, 4) is 11.1 Å². The van der Waals surface area contributed by atoms with Crippen molar-refractivity contribution >= 4 is 10.0 Å². The third-order valence-electron chi connectivity index (χ3n) is 6.70. The normalized spacial score (nSPS) is 25.8. The van der Waals surface area contributed by atoms with E-state index in [1.165, 1.54) is 28.5 Å². The fourth-order valence-corrected chi connectivity index (χ4v) is 6.03. The molecule has 4 rings (SSSR count). The van der Waals surface area contributed by atoms with Crippen molar-refractivity contribution in [2.45, 2.75) is 37.8 Å². The topological polar surface area (TPSA) is 49.9 Å². The molecule has 0 unspecified atom stereocenters. The van der Waals surface area contributed by atoms with Gasteiger partial charge in [0.2, 0.25) is 10.0 Å². The predicted molar refractivity (Wildman–Crippen MR) is 121 cm³/mol. The molecule has 0 radical (unpaired) electrons.